The Bertz CT molecular complexity index is 174. The molecule has 0 aromatic heterocycles. The van der Waals surface area contributed by atoms with Crippen molar-refractivity contribution in [3.8, 4) is 0 Å². The van der Waals surface area contributed by atoms with Gasteiger partial charge in [0.2, 0.25) is 0 Å². The number of rotatable bonds is 2. The molecule has 2 aliphatic rings. The lowest BCUT2D eigenvalue weighted by Crippen LogP contribution is -2.53. The van der Waals surface area contributed by atoms with Crippen LogP contribution in [0.2, 0.25) is 0 Å². The molecule has 2 fully saturated rings. The summed E-state index contributed by atoms with van der Waals surface area (Å²) in [7, 11) is 0. The van der Waals surface area contributed by atoms with Gasteiger partial charge in [0.05, 0.1) is 6.61 Å². The predicted molar refractivity (Wildman–Crippen MR) is 47.8 cm³/mol. The fourth-order valence-corrected chi connectivity index (χ4v) is 2.76. The number of hydrogen-bond donors (Lipinski definition) is 2. The van der Waals surface area contributed by atoms with E-state index < -0.39 is 0 Å². The third kappa shape index (κ3) is 1.49. The van der Waals surface area contributed by atoms with Gasteiger partial charge >= 0.3 is 0 Å². The van der Waals surface area contributed by atoms with Crippen LogP contribution >= 0.6 is 0 Å². The van der Waals surface area contributed by atoms with Crippen LogP contribution in [0.1, 0.15) is 19.3 Å². The zero-order valence-electron chi connectivity index (χ0n) is 7.50. The molecule has 2 rings (SSSR count). The van der Waals surface area contributed by atoms with Crippen LogP contribution in [0.4, 0.5) is 0 Å². The van der Waals surface area contributed by atoms with Crippen molar-refractivity contribution in [3.05, 3.63) is 0 Å². The average molecular weight is 170 g/mol. The molecule has 70 valence electrons. The Morgan fingerprint density at radius 1 is 1.58 bits per heavy atom. The molecule has 1 aliphatic heterocycles. The summed E-state index contributed by atoms with van der Waals surface area (Å²) < 4.78 is 0. The SMILES string of the molecule is NC12CCC(CN(CCO)C1)C2. The lowest BCUT2D eigenvalue weighted by atomic mass is 9.92. The standard InChI is InChI=1S/C9H18N2O/c10-9-2-1-8(5-9)6-11(7-9)3-4-12/h8,12H,1-7,10H2. The van der Waals surface area contributed by atoms with Crippen LogP contribution in [0.5, 0.6) is 0 Å². The Kier molecular flexibility index (Phi) is 2.10. The number of β-amino-alcohol motifs (C(OH)–C–C–N with tert-alkyl or cyclic N) is 1. The van der Waals surface area contributed by atoms with Gasteiger partial charge in [0.1, 0.15) is 0 Å². The summed E-state index contributed by atoms with van der Waals surface area (Å²) in [4.78, 5) is 2.31. The second-order valence-corrected chi connectivity index (χ2v) is 4.43. The van der Waals surface area contributed by atoms with Crippen molar-refractivity contribution >= 4 is 0 Å². The monoisotopic (exact) mass is 170 g/mol. The largest absolute Gasteiger partial charge is 0.395 e. The molecule has 3 nitrogen and oxygen atoms in total. The molecule has 3 heteroatoms. The lowest BCUT2D eigenvalue weighted by molar-refractivity contribution is 0.121. The van der Waals surface area contributed by atoms with Gasteiger partial charge in [-0.05, 0) is 25.2 Å². The topological polar surface area (TPSA) is 49.5 Å². The smallest absolute Gasteiger partial charge is 0.0558 e. The fourth-order valence-electron chi connectivity index (χ4n) is 2.76. The van der Waals surface area contributed by atoms with Crippen LogP contribution in [0.15, 0.2) is 0 Å². The Morgan fingerprint density at radius 3 is 3.08 bits per heavy atom. The third-order valence-electron chi connectivity index (χ3n) is 3.22. The second-order valence-electron chi connectivity index (χ2n) is 4.43. The number of aliphatic hydroxyl groups excluding tert-OH is 1. The lowest BCUT2D eigenvalue weighted by Gasteiger charge is -2.37. The van der Waals surface area contributed by atoms with E-state index in [-0.39, 0.29) is 12.1 Å². The van der Waals surface area contributed by atoms with E-state index in [0.717, 1.165) is 25.6 Å². The van der Waals surface area contributed by atoms with Crippen molar-refractivity contribution < 1.29 is 5.11 Å². The van der Waals surface area contributed by atoms with Gasteiger partial charge < -0.3 is 10.8 Å². The molecule has 2 atom stereocenters. The molecule has 0 aromatic rings. The summed E-state index contributed by atoms with van der Waals surface area (Å²) >= 11 is 0. The van der Waals surface area contributed by atoms with Crippen LogP contribution in [0.3, 0.4) is 0 Å². The molecule has 2 bridgehead atoms. The maximum absolute atomic E-state index is 8.81. The van der Waals surface area contributed by atoms with E-state index in [1.165, 1.54) is 19.3 Å². The van der Waals surface area contributed by atoms with Gasteiger partial charge in [0, 0.05) is 25.2 Å². The van der Waals surface area contributed by atoms with E-state index in [4.69, 9.17) is 10.8 Å². The molecule has 12 heavy (non-hydrogen) atoms. The summed E-state index contributed by atoms with van der Waals surface area (Å²) in [5.74, 6) is 0.801. The van der Waals surface area contributed by atoms with E-state index in [9.17, 15) is 0 Å². The second kappa shape index (κ2) is 2.98. The molecular formula is C9H18N2O. The molecule has 0 amide bonds. The summed E-state index contributed by atoms with van der Waals surface area (Å²) in [5.41, 5.74) is 6.28. The predicted octanol–water partition coefficient (Wildman–Crippen LogP) is -0.208. The Morgan fingerprint density at radius 2 is 2.42 bits per heavy atom. The number of nitrogens with zero attached hydrogens (tertiary/aromatic N) is 1. The first kappa shape index (κ1) is 8.48. The Labute approximate surface area is 73.5 Å². The van der Waals surface area contributed by atoms with Crippen molar-refractivity contribution in [1.82, 2.24) is 4.90 Å². The number of likely N-dealkylation sites (tertiary alicyclic amines) is 1. The maximum Gasteiger partial charge on any atom is 0.0558 e. The van der Waals surface area contributed by atoms with Crippen molar-refractivity contribution in [1.29, 1.82) is 0 Å². The molecular weight excluding hydrogens is 152 g/mol. The minimum atomic E-state index is 0.0814. The van der Waals surface area contributed by atoms with Gasteiger partial charge in [-0.3, -0.25) is 4.90 Å². The highest BCUT2D eigenvalue weighted by Crippen LogP contribution is 2.37. The van der Waals surface area contributed by atoms with Crippen LogP contribution in [0, 0.1) is 5.92 Å². The van der Waals surface area contributed by atoms with E-state index in [1.807, 2.05) is 0 Å². The number of nitrogens with two attached hydrogens (primary N) is 1. The van der Waals surface area contributed by atoms with Crippen LogP contribution in [0.25, 0.3) is 0 Å². The molecule has 2 unspecified atom stereocenters. The Hall–Kier alpha value is -0.120. The van der Waals surface area contributed by atoms with Gasteiger partial charge in [-0.2, -0.15) is 0 Å². The molecule has 0 spiro atoms. The molecule has 3 N–H and O–H groups in total. The first-order chi connectivity index (χ1) is 5.72. The van der Waals surface area contributed by atoms with Gasteiger partial charge in [0.25, 0.3) is 0 Å². The summed E-state index contributed by atoms with van der Waals surface area (Å²) in [6.45, 7) is 3.21. The van der Waals surface area contributed by atoms with Gasteiger partial charge in [-0.25, -0.2) is 0 Å². The number of hydrogen-bond acceptors (Lipinski definition) is 3. The first-order valence-corrected chi connectivity index (χ1v) is 4.84. The highest BCUT2D eigenvalue weighted by Gasteiger charge is 2.41. The third-order valence-corrected chi connectivity index (χ3v) is 3.22. The van der Waals surface area contributed by atoms with E-state index >= 15 is 0 Å². The minimum absolute atomic E-state index is 0.0814. The van der Waals surface area contributed by atoms with Crippen molar-refractivity contribution in [2.24, 2.45) is 11.7 Å². The molecule has 1 heterocycles. The van der Waals surface area contributed by atoms with E-state index in [0.29, 0.717) is 0 Å². The van der Waals surface area contributed by atoms with Crippen LogP contribution in [-0.4, -0.2) is 41.8 Å². The zero-order valence-corrected chi connectivity index (χ0v) is 7.50. The fraction of sp³-hybridized carbons (Fsp3) is 1.00. The molecule has 1 saturated carbocycles. The van der Waals surface area contributed by atoms with Gasteiger partial charge in [0.15, 0.2) is 0 Å². The van der Waals surface area contributed by atoms with Crippen molar-refractivity contribution in [3.63, 3.8) is 0 Å². The summed E-state index contributed by atoms with van der Waals surface area (Å²) in [6.07, 6.45) is 3.67. The van der Waals surface area contributed by atoms with Crippen LogP contribution < -0.4 is 5.73 Å². The Balaban J connectivity index is 1.97. The molecule has 0 radical (unpaired) electrons. The van der Waals surface area contributed by atoms with Crippen molar-refractivity contribution in [2.45, 2.75) is 24.8 Å². The highest BCUT2D eigenvalue weighted by atomic mass is 16.3. The number of piperidine rings is 1. The normalized spacial score (nSPS) is 42.0. The molecule has 0 aromatic carbocycles. The molecule has 1 saturated heterocycles. The molecule has 1 aliphatic carbocycles. The van der Waals surface area contributed by atoms with Crippen LogP contribution in [-0.2, 0) is 0 Å². The maximum atomic E-state index is 8.81. The number of aliphatic hydroxyl groups is 1. The highest BCUT2D eigenvalue weighted by molar-refractivity contribution is 5.00. The summed E-state index contributed by atoms with van der Waals surface area (Å²) in [5, 5.41) is 8.81. The van der Waals surface area contributed by atoms with E-state index in [2.05, 4.69) is 4.90 Å². The summed E-state index contributed by atoms with van der Waals surface area (Å²) in [6, 6.07) is 0. The first-order valence-electron chi connectivity index (χ1n) is 4.84. The zero-order chi connectivity index (χ0) is 8.60. The van der Waals surface area contributed by atoms with Crippen molar-refractivity contribution in [2.75, 3.05) is 26.2 Å². The average Bonchev–Trinajstić information content (AvgIpc) is 2.26. The number of fused-ring (bicyclic) bond motifs is 2. The van der Waals surface area contributed by atoms with Gasteiger partial charge in [-0.1, -0.05) is 0 Å². The quantitative estimate of drug-likeness (QED) is 0.603. The van der Waals surface area contributed by atoms with E-state index in [1.54, 1.807) is 0 Å². The van der Waals surface area contributed by atoms with Gasteiger partial charge in [-0.15, -0.1) is 0 Å². The minimum Gasteiger partial charge on any atom is -0.395 e.